The van der Waals surface area contributed by atoms with Crippen LogP contribution in [0.5, 0.6) is 5.75 Å². The standard InChI is InChI=1S/C17H23NO2.ClH/c1-12-8-15-16(9-13(12)2)20-11-14(17(15)19)10-18-6-4-3-5-7-18;/h8-9,14H,3-7,10-11H2,1-2H3;1H. The Kier molecular flexibility index (Phi) is 5.28. The van der Waals surface area contributed by atoms with Gasteiger partial charge in [-0.2, -0.15) is 0 Å². The Morgan fingerprint density at radius 2 is 1.81 bits per heavy atom. The normalized spacial score (nSPS) is 22.2. The zero-order valence-corrected chi connectivity index (χ0v) is 13.7. The highest BCUT2D eigenvalue weighted by molar-refractivity contribution is 6.01. The Bertz CT molecular complexity index is 524. The lowest BCUT2D eigenvalue weighted by Gasteiger charge is -2.32. The van der Waals surface area contributed by atoms with Crippen molar-refractivity contribution in [1.82, 2.24) is 4.90 Å². The average Bonchev–Trinajstić information content (AvgIpc) is 2.46. The van der Waals surface area contributed by atoms with Crippen LogP contribution in [0.3, 0.4) is 0 Å². The molecule has 0 amide bonds. The van der Waals surface area contributed by atoms with Crippen LogP contribution in [-0.4, -0.2) is 36.9 Å². The summed E-state index contributed by atoms with van der Waals surface area (Å²) in [5.74, 6) is 1.04. The number of rotatable bonds is 2. The predicted octanol–water partition coefficient (Wildman–Crippen LogP) is 3.40. The molecular formula is C17H24ClNO2. The second-order valence-electron chi connectivity index (χ2n) is 6.17. The highest BCUT2D eigenvalue weighted by Gasteiger charge is 2.31. The first-order valence-corrected chi connectivity index (χ1v) is 7.66. The van der Waals surface area contributed by atoms with Gasteiger partial charge < -0.3 is 9.64 Å². The number of fused-ring (bicyclic) bond motifs is 1. The molecule has 1 atom stereocenters. The molecule has 4 heteroatoms. The van der Waals surface area contributed by atoms with E-state index < -0.39 is 0 Å². The zero-order valence-electron chi connectivity index (χ0n) is 12.9. The maximum absolute atomic E-state index is 12.6. The van der Waals surface area contributed by atoms with Gasteiger partial charge in [0.15, 0.2) is 5.78 Å². The monoisotopic (exact) mass is 309 g/mol. The molecule has 21 heavy (non-hydrogen) atoms. The van der Waals surface area contributed by atoms with Crippen LogP contribution in [0.1, 0.15) is 40.7 Å². The number of aryl methyl sites for hydroxylation is 2. The Labute approximate surface area is 133 Å². The summed E-state index contributed by atoms with van der Waals surface area (Å²) in [4.78, 5) is 15.1. The lowest BCUT2D eigenvalue weighted by Crippen LogP contribution is -2.41. The third-order valence-corrected chi connectivity index (χ3v) is 4.60. The Balaban J connectivity index is 0.00000161. The number of carbonyl (C=O) groups is 1. The first-order valence-electron chi connectivity index (χ1n) is 7.66. The van der Waals surface area contributed by atoms with E-state index in [1.807, 2.05) is 12.1 Å². The zero-order chi connectivity index (χ0) is 14.1. The molecule has 0 aliphatic carbocycles. The van der Waals surface area contributed by atoms with Gasteiger partial charge in [0.05, 0.1) is 18.1 Å². The van der Waals surface area contributed by atoms with E-state index in [1.165, 1.54) is 30.4 Å². The highest BCUT2D eigenvalue weighted by Crippen LogP contribution is 2.30. The van der Waals surface area contributed by atoms with Gasteiger partial charge in [-0.3, -0.25) is 4.79 Å². The van der Waals surface area contributed by atoms with Crippen LogP contribution in [0.4, 0.5) is 0 Å². The molecule has 0 bridgehead atoms. The molecule has 1 fully saturated rings. The number of ether oxygens (including phenoxy) is 1. The third-order valence-electron chi connectivity index (χ3n) is 4.60. The summed E-state index contributed by atoms with van der Waals surface area (Å²) in [6.07, 6.45) is 3.85. The molecule has 0 spiro atoms. The summed E-state index contributed by atoms with van der Waals surface area (Å²) < 4.78 is 5.84. The molecule has 2 heterocycles. The van der Waals surface area contributed by atoms with Gasteiger partial charge in [-0.15, -0.1) is 12.4 Å². The van der Waals surface area contributed by atoms with Crippen molar-refractivity contribution in [2.75, 3.05) is 26.2 Å². The van der Waals surface area contributed by atoms with Crippen molar-refractivity contribution in [3.63, 3.8) is 0 Å². The third kappa shape index (κ3) is 3.41. The summed E-state index contributed by atoms with van der Waals surface area (Å²) in [5.41, 5.74) is 3.13. The number of carbonyl (C=O) groups excluding carboxylic acids is 1. The number of hydrogen-bond acceptors (Lipinski definition) is 3. The number of ketones is 1. The minimum absolute atomic E-state index is 0. The summed E-state index contributed by atoms with van der Waals surface area (Å²) in [7, 11) is 0. The van der Waals surface area contributed by atoms with Crippen LogP contribution >= 0.6 is 12.4 Å². The smallest absolute Gasteiger partial charge is 0.174 e. The van der Waals surface area contributed by atoms with Gasteiger partial charge in [-0.05, 0) is 63.0 Å². The number of Topliss-reactive ketones (excluding diaryl/α,β-unsaturated/α-hetero) is 1. The second kappa shape index (κ2) is 6.80. The number of likely N-dealkylation sites (tertiary alicyclic amines) is 1. The van der Waals surface area contributed by atoms with Crippen molar-refractivity contribution in [3.8, 4) is 5.75 Å². The number of hydrogen-bond donors (Lipinski definition) is 0. The fourth-order valence-electron chi connectivity index (χ4n) is 3.18. The summed E-state index contributed by atoms with van der Waals surface area (Å²) in [5, 5.41) is 0. The fourth-order valence-corrected chi connectivity index (χ4v) is 3.18. The van der Waals surface area contributed by atoms with Crippen LogP contribution in [0.15, 0.2) is 12.1 Å². The second-order valence-corrected chi connectivity index (χ2v) is 6.17. The van der Waals surface area contributed by atoms with Gasteiger partial charge in [0.1, 0.15) is 5.75 Å². The van der Waals surface area contributed by atoms with Gasteiger partial charge in [0, 0.05) is 6.54 Å². The fraction of sp³-hybridized carbons (Fsp3) is 0.588. The van der Waals surface area contributed by atoms with Gasteiger partial charge >= 0.3 is 0 Å². The molecule has 0 aromatic heterocycles. The molecule has 1 unspecified atom stereocenters. The number of piperidine rings is 1. The van der Waals surface area contributed by atoms with Crippen molar-refractivity contribution in [1.29, 1.82) is 0 Å². The van der Waals surface area contributed by atoms with Gasteiger partial charge in [0.25, 0.3) is 0 Å². The molecule has 3 nitrogen and oxygen atoms in total. The molecule has 1 aromatic rings. The van der Waals surface area contributed by atoms with E-state index in [1.54, 1.807) is 0 Å². The quantitative estimate of drug-likeness (QED) is 0.838. The Morgan fingerprint density at radius 3 is 2.52 bits per heavy atom. The first-order chi connectivity index (χ1) is 9.65. The molecule has 0 saturated carbocycles. The Hall–Kier alpha value is -1.06. The van der Waals surface area contributed by atoms with Crippen LogP contribution in [0, 0.1) is 19.8 Å². The predicted molar refractivity (Wildman–Crippen MR) is 86.8 cm³/mol. The van der Waals surface area contributed by atoms with E-state index in [2.05, 4.69) is 18.7 Å². The van der Waals surface area contributed by atoms with E-state index >= 15 is 0 Å². The van der Waals surface area contributed by atoms with Crippen molar-refractivity contribution in [2.24, 2.45) is 5.92 Å². The number of nitrogens with zero attached hydrogens (tertiary/aromatic N) is 1. The molecule has 1 saturated heterocycles. The SMILES string of the molecule is Cc1cc2c(cc1C)C(=O)C(CN1CCCCC1)CO2.Cl. The van der Waals surface area contributed by atoms with E-state index in [4.69, 9.17) is 4.74 Å². The summed E-state index contributed by atoms with van der Waals surface area (Å²) in [6, 6.07) is 4.00. The van der Waals surface area contributed by atoms with Crippen molar-refractivity contribution < 1.29 is 9.53 Å². The van der Waals surface area contributed by atoms with Crippen molar-refractivity contribution in [2.45, 2.75) is 33.1 Å². The van der Waals surface area contributed by atoms with E-state index in [-0.39, 0.29) is 24.1 Å². The molecule has 116 valence electrons. The van der Waals surface area contributed by atoms with Crippen LogP contribution in [0.2, 0.25) is 0 Å². The van der Waals surface area contributed by atoms with Gasteiger partial charge in [-0.25, -0.2) is 0 Å². The average molecular weight is 310 g/mol. The number of halogens is 1. The molecule has 0 N–H and O–H groups in total. The van der Waals surface area contributed by atoms with Crippen molar-refractivity contribution in [3.05, 3.63) is 28.8 Å². The largest absolute Gasteiger partial charge is 0.492 e. The van der Waals surface area contributed by atoms with Gasteiger partial charge in [-0.1, -0.05) is 6.42 Å². The molecule has 1 aromatic carbocycles. The minimum Gasteiger partial charge on any atom is -0.492 e. The molecule has 2 aliphatic rings. The minimum atomic E-state index is 0. The first kappa shape index (κ1) is 16.3. The molecular weight excluding hydrogens is 286 g/mol. The Morgan fingerprint density at radius 1 is 1.14 bits per heavy atom. The highest BCUT2D eigenvalue weighted by atomic mass is 35.5. The summed E-state index contributed by atoms with van der Waals surface area (Å²) in [6.45, 7) is 7.75. The van der Waals surface area contributed by atoms with E-state index in [9.17, 15) is 4.79 Å². The maximum Gasteiger partial charge on any atom is 0.174 e. The molecule has 3 rings (SSSR count). The lowest BCUT2D eigenvalue weighted by molar-refractivity contribution is 0.0752. The number of benzene rings is 1. The van der Waals surface area contributed by atoms with E-state index in [0.29, 0.717) is 6.61 Å². The van der Waals surface area contributed by atoms with Crippen LogP contribution in [-0.2, 0) is 0 Å². The molecule has 0 radical (unpaired) electrons. The van der Waals surface area contributed by atoms with E-state index in [0.717, 1.165) is 30.9 Å². The molecule has 2 aliphatic heterocycles. The van der Waals surface area contributed by atoms with Gasteiger partial charge in [0.2, 0.25) is 0 Å². The van der Waals surface area contributed by atoms with Crippen molar-refractivity contribution >= 4 is 18.2 Å². The summed E-state index contributed by atoms with van der Waals surface area (Å²) >= 11 is 0. The maximum atomic E-state index is 12.6. The van der Waals surface area contributed by atoms with Crippen LogP contribution in [0.25, 0.3) is 0 Å². The topological polar surface area (TPSA) is 29.5 Å². The lowest BCUT2D eigenvalue weighted by atomic mass is 9.91. The van der Waals surface area contributed by atoms with Crippen LogP contribution < -0.4 is 4.74 Å².